The summed E-state index contributed by atoms with van der Waals surface area (Å²) in [6.07, 6.45) is 8.36. The Kier molecular flexibility index (Phi) is 8.50. The molecule has 2 aromatic heterocycles. The molecule has 5 heteroatoms. The zero-order valence-corrected chi connectivity index (χ0v) is 17.1. The second-order valence-corrected chi connectivity index (χ2v) is 10.6. The Labute approximate surface area is 149 Å². The molecule has 0 unspecified atom stereocenters. The molecule has 0 aliphatic rings. The van der Waals surface area contributed by atoms with E-state index in [2.05, 4.69) is 40.9 Å². The second kappa shape index (κ2) is 9.84. The van der Waals surface area contributed by atoms with E-state index in [1.54, 1.807) is 6.20 Å². The minimum Gasteiger partial charge on any atom is -0.360 e. The van der Waals surface area contributed by atoms with Gasteiger partial charge in [0.1, 0.15) is 12.6 Å². The highest BCUT2D eigenvalue weighted by molar-refractivity contribution is 8.32. The molecular weight excluding hydrogens is 318 g/mol. The predicted octanol–water partition coefficient (Wildman–Crippen LogP) is 4.65. The third-order valence-electron chi connectivity index (χ3n) is 4.16. The number of nitrogens with zero attached hydrogens (tertiary/aromatic N) is 3. The molecule has 0 saturated heterocycles. The smallest absolute Gasteiger partial charge is 0.143 e. The van der Waals surface area contributed by atoms with Crippen LogP contribution in [-0.4, -0.2) is 45.2 Å². The number of aromatic nitrogens is 3. The van der Waals surface area contributed by atoms with Gasteiger partial charge < -0.3 is 9.30 Å². The minimum absolute atomic E-state index is 0.501. The van der Waals surface area contributed by atoms with Crippen molar-refractivity contribution in [3.63, 3.8) is 0 Å². The van der Waals surface area contributed by atoms with Crippen LogP contribution in [0, 0.1) is 13.8 Å². The highest BCUT2D eigenvalue weighted by atomic mass is 32.3. The van der Waals surface area contributed by atoms with Gasteiger partial charge in [-0.3, -0.25) is 4.98 Å². The standard InChI is InChI=1S/C17H27N3OS.C2H6/c1-6-22(4,5)11-10-21-13-20-15(3)14(2)19-17(20)16-8-7-9-18-12-16;1-2/h7-9,12H,6,10-11,13H2,1-5H3;1-2H3. The van der Waals surface area contributed by atoms with Crippen molar-refractivity contribution in [1.29, 1.82) is 0 Å². The summed E-state index contributed by atoms with van der Waals surface area (Å²) in [5.41, 5.74) is 3.23. The molecule has 0 N–H and O–H groups in total. The van der Waals surface area contributed by atoms with Crippen molar-refractivity contribution in [2.75, 3.05) is 30.6 Å². The van der Waals surface area contributed by atoms with Gasteiger partial charge >= 0.3 is 0 Å². The Morgan fingerprint density at radius 1 is 1.21 bits per heavy atom. The molecule has 136 valence electrons. The lowest BCUT2D eigenvalue weighted by Gasteiger charge is -2.29. The third-order valence-corrected chi connectivity index (χ3v) is 6.99. The van der Waals surface area contributed by atoms with Crippen LogP contribution < -0.4 is 0 Å². The quantitative estimate of drug-likeness (QED) is 0.682. The fraction of sp³-hybridized carbons (Fsp3) is 0.579. The molecule has 2 rings (SSSR count). The Morgan fingerprint density at radius 2 is 1.92 bits per heavy atom. The zero-order chi connectivity index (χ0) is 18.2. The Balaban J connectivity index is 0.00000139. The van der Waals surface area contributed by atoms with Crippen molar-refractivity contribution in [2.24, 2.45) is 0 Å². The minimum atomic E-state index is -0.501. The fourth-order valence-electron chi connectivity index (χ4n) is 2.11. The Bertz CT molecular complexity index is 609. The van der Waals surface area contributed by atoms with E-state index in [4.69, 9.17) is 4.74 Å². The number of aryl methyl sites for hydroxylation is 1. The number of hydrogen-bond donors (Lipinski definition) is 0. The van der Waals surface area contributed by atoms with Gasteiger partial charge in [-0.1, -0.05) is 20.8 Å². The van der Waals surface area contributed by atoms with Crippen LogP contribution in [-0.2, 0) is 11.5 Å². The lowest BCUT2D eigenvalue weighted by atomic mass is 10.3. The summed E-state index contributed by atoms with van der Waals surface area (Å²) in [5, 5.41) is 0. The van der Waals surface area contributed by atoms with Gasteiger partial charge in [-0.15, -0.1) is 0 Å². The van der Waals surface area contributed by atoms with Gasteiger partial charge in [0, 0.05) is 29.4 Å². The summed E-state index contributed by atoms with van der Waals surface area (Å²) < 4.78 is 8.08. The largest absolute Gasteiger partial charge is 0.360 e. The van der Waals surface area contributed by atoms with Crippen LogP contribution in [0.3, 0.4) is 0 Å². The summed E-state index contributed by atoms with van der Waals surface area (Å²) >= 11 is 0. The number of imidazole rings is 1. The van der Waals surface area contributed by atoms with Crippen LogP contribution in [0.15, 0.2) is 24.5 Å². The molecule has 0 aromatic carbocycles. The molecular formula is C19H33N3OS. The maximum atomic E-state index is 5.94. The van der Waals surface area contributed by atoms with E-state index in [-0.39, 0.29) is 0 Å². The lowest BCUT2D eigenvalue weighted by Crippen LogP contribution is -2.13. The van der Waals surface area contributed by atoms with Crippen molar-refractivity contribution in [3.8, 4) is 11.4 Å². The predicted molar refractivity (Wildman–Crippen MR) is 107 cm³/mol. The van der Waals surface area contributed by atoms with Gasteiger partial charge in [0.15, 0.2) is 0 Å². The summed E-state index contributed by atoms with van der Waals surface area (Å²) in [5.74, 6) is 3.34. The van der Waals surface area contributed by atoms with Crippen LogP contribution in [0.2, 0.25) is 0 Å². The maximum Gasteiger partial charge on any atom is 0.143 e. The Morgan fingerprint density at radius 3 is 2.50 bits per heavy atom. The lowest BCUT2D eigenvalue weighted by molar-refractivity contribution is 0.0894. The van der Waals surface area contributed by atoms with Crippen molar-refractivity contribution in [1.82, 2.24) is 14.5 Å². The molecule has 0 atom stereocenters. The number of pyridine rings is 1. The molecule has 0 spiro atoms. The van der Waals surface area contributed by atoms with Gasteiger partial charge in [-0.2, -0.15) is 0 Å². The van der Waals surface area contributed by atoms with Gasteiger partial charge in [0.05, 0.1) is 12.3 Å². The highest BCUT2D eigenvalue weighted by Gasteiger charge is 2.14. The molecule has 0 bridgehead atoms. The first-order valence-electron chi connectivity index (χ1n) is 8.65. The van der Waals surface area contributed by atoms with E-state index >= 15 is 0 Å². The average Bonchev–Trinajstić information content (AvgIpc) is 2.89. The van der Waals surface area contributed by atoms with Crippen LogP contribution in [0.1, 0.15) is 32.2 Å². The van der Waals surface area contributed by atoms with Crippen LogP contribution in [0.5, 0.6) is 0 Å². The van der Waals surface area contributed by atoms with Crippen LogP contribution in [0.4, 0.5) is 0 Å². The molecule has 0 amide bonds. The van der Waals surface area contributed by atoms with E-state index in [9.17, 15) is 0 Å². The molecule has 0 radical (unpaired) electrons. The maximum absolute atomic E-state index is 5.94. The van der Waals surface area contributed by atoms with Crippen molar-refractivity contribution >= 4 is 10.0 Å². The second-order valence-electron chi connectivity index (χ2n) is 6.07. The summed E-state index contributed by atoms with van der Waals surface area (Å²) in [4.78, 5) is 8.86. The first kappa shape index (κ1) is 20.7. The molecule has 0 fully saturated rings. The summed E-state index contributed by atoms with van der Waals surface area (Å²) in [7, 11) is -0.501. The first-order valence-corrected chi connectivity index (χ1v) is 11.4. The first-order chi connectivity index (χ1) is 11.4. The average molecular weight is 352 g/mol. The van der Waals surface area contributed by atoms with E-state index in [0.717, 1.165) is 35.1 Å². The van der Waals surface area contributed by atoms with Crippen molar-refractivity contribution in [3.05, 3.63) is 35.9 Å². The Hall–Kier alpha value is -1.33. The molecule has 0 aliphatic heterocycles. The van der Waals surface area contributed by atoms with Gasteiger partial charge in [-0.05, 0) is 44.2 Å². The van der Waals surface area contributed by atoms with E-state index in [1.807, 2.05) is 39.1 Å². The van der Waals surface area contributed by atoms with E-state index in [0.29, 0.717) is 6.73 Å². The van der Waals surface area contributed by atoms with Gasteiger partial charge in [-0.25, -0.2) is 15.0 Å². The van der Waals surface area contributed by atoms with E-state index < -0.39 is 10.0 Å². The monoisotopic (exact) mass is 351 g/mol. The highest BCUT2D eigenvalue weighted by Crippen LogP contribution is 2.38. The van der Waals surface area contributed by atoms with Crippen LogP contribution in [0.25, 0.3) is 11.4 Å². The van der Waals surface area contributed by atoms with Crippen LogP contribution >= 0.6 is 10.0 Å². The zero-order valence-electron chi connectivity index (χ0n) is 16.3. The third kappa shape index (κ3) is 5.64. The summed E-state index contributed by atoms with van der Waals surface area (Å²) in [6, 6.07) is 3.97. The SMILES string of the molecule is CC.CCS(C)(C)CCOCn1c(-c2cccnc2)nc(C)c1C. The molecule has 0 aliphatic carbocycles. The van der Waals surface area contributed by atoms with E-state index in [1.165, 1.54) is 5.75 Å². The normalized spacial score (nSPS) is 11.8. The summed E-state index contributed by atoms with van der Waals surface area (Å²) in [6.45, 7) is 11.7. The molecule has 4 nitrogen and oxygen atoms in total. The fourth-order valence-corrected chi connectivity index (χ4v) is 2.97. The van der Waals surface area contributed by atoms with Gasteiger partial charge in [0.2, 0.25) is 0 Å². The number of ether oxygens (including phenoxy) is 1. The number of hydrogen-bond acceptors (Lipinski definition) is 3. The molecule has 24 heavy (non-hydrogen) atoms. The number of rotatable bonds is 7. The molecule has 2 aromatic rings. The molecule has 0 saturated carbocycles. The topological polar surface area (TPSA) is 39.9 Å². The van der Waals surface area contributed by atoms with Crippen molar-refractivity contribution in [2.45, 2.75) is 41.3 Å². The molecule has 2 heterocycles. The van der Waals surface area contributed by atoms with Gasteiger partial charge in [0.25, 0.3) is 0 Å². The van der Waals surface area contributed by atoms with Crippen molar-refractivity contribution < 1.29 is 4.74 Å².